The second-order valence-corrected chi connectivity index (χ2v) is 4.61. The summed E-state index contributed by atoms with van der Waals surface area (Å²) in [5, 5.41) is 12.1. The van der Waals surface area contributed by atoms with Gasteiger partial charge in [-0.2, -0.15) is 5.10 Å². The molecule has 7 heteroatoms. The molecule has 0 saturated carbocycles. The molecule has 4 aromatic heterocycles. The molecule has 0 saturated heterocycles. The molecule has 0 atom stereocenters. The van der Waals surface area contributed by atoms with Gasteiger partial charge in [-0.05, 0) is 24.3 Å². The summed E-state index contributed by atoms with van der Waals surface area (Å²) in [6.45, 7) is 0. The summed E-state index contributed by atoms with van der Waals surface area (Å²) < 4.78 is 3.39. The fourth-order valence-electron chi connectivity index (χ4n) is 2.13. The number of rotatable bonds is 3. The van der Waals surface area contributed by atoms with Crippen molar-refractivity contribution in [2.45, 2.75) is 0 Å². The Morgan fingerprint density at radius 3 is 2.73 bits per heavy atom. The minimum absolute atomic E-state index is 0.712. The molecular formula is C15H11N7. The lowest BCUT2D eigenvalue weighted by Gasteiger charge is -2.02. The summed E-state index contributed by atoms with van der Waals surface area (Å²) in [6.07, 6.45) is 10.6. The van der Waals surface area contributed by atoms with E-state index >= 15 is 0 Å². The highest BCUT2D eigenvalue weighted by molar-refractivity contribution is 5.58. The van der Waals surface area contributed by atoms with Crippen molar-refractivity contribution in [1.29, 1.82) is 0 Å². The Morgan fingerprint density at radius 2 is 1.91 bits per heavy atom. The molecule has 0 amide bonds. The van der Waals surface area contributed by atoms with Crippen LogP contribution >= 0.6 is 0 Å². The zero-order chi connectivity index (χ0) is 14.8. The molecule has 22 heavy (non-hydrogen) atoms. The zero-order valence-corrected chi connectivity index (χ0v) is 11.5. The second-order valence-electron chi connectivity index (χ2n) is 4.61. The van der Waals surface area contributed by atoms with Crippen LogP contribution in [0, 0.1) is 0 Å². The summed E-state index contributed by atoms with van der Waals surface area (Å²) in [7, 11) is 0. The molecule has 0 aromatic carbocycles. The van der Waals surface area contributed by atoms with Crippen LogP contribution in [0.1, 0.15) is 0 Å². The molecule has 7 nitrogen and oxygen atoms in total. The van der Waals surface area contributed by atoms with E-state index in [0.717, 1.165) is 16.9 Å². The van der Waals surface area contributed by atoms with Crippen LogP contribution in [0.4, 0.5) is 0 Å². The first-order valence-electron chi connectivity index (χ1n) is 6.69. The maximum absolute atomic E-state index is 4.58. The Morgan fingerprint density at radius 1 is 0.909 bits per heavy atom. The molecule has 0 aliphatic heterocycles. The van der Waals surface area contributed by atoms with Crippen LogP contribution in [0.5, 0.6) is 0 Å². The smallest absolute Gasteiger partial charge is 0.155 e. The summed E-state index contributed by atoms with van der Waals surface area (Å²) in [5.41, 5.74) is 2.65. The second kappa shape index (κ2) is 5.21. The van der Waals surface area contributed by atoms with Crippen LogP contribution in [0.3, 0.4) is 0 Å². The van der Waals surface area contributed by atoms with E-state index in [-0.39, 0.29) is 0 Å². The number of hydrogen-bond acceptors (Lipinski definition) is 5. The fourth-order valence-corrected chi connectivity index (χ4v) is 2.13. The quantitative estimate of drug-likeness (QED) is 0.576. The van der Waals surface area contributed by atoms with Crippen LogP contribution in [-0.4, -0.2) is 34.7 Å². The van der Waals surface area contributed by atoms with Crippen molar-refractivity contribution in [2.75, 3.05) is 0 Å². The van der Waals surface area contributed by atoms with Gasteiger partial charge in [-0.25, -0.2) is 14.3 Å². The van der Waals surface area contributed by atoms with E-state index in [0.29, 0.717) is 5.82 Å². The monoisotopic (exact) mass is 289 g/mol. The van der Waals surface area contributed by atoms with Crippen LogP contribution < -0.4 is 0 Å². The van der Waals surface area contributed by atoms with E-state index in [1.165, 1.54) is 0 Å². The van der Waals surface area contributed by atoms with Gasteiger partial charge < -0.3 is 0 Å². The lowest BCUT2D eigenvalue weighted by molar-refractivity contribution is 0.782. The Balaban J connectivity index is 1.71. The van der Waals surface area contributed by atoms with Crippen molar-refractivity contribution in [1.82, 2.24) is 34.7 Å². The van der Waals surface area contributed by atoms with Gasteiger partial charge in [0.25, 0.3) is 0 Å². The first-order valence-corrected chi connectivity index (χ1v) is 6.69. The van der Waals surface area contributed by atoms with Crippen LogP contribution in [-0.2, 0) is 0 Å². The van der Waals surface area contributed by atoms with Crippen LogP contribution in [0.25, 0.3) is 22.8 Å². The molecule has 0 aliphatic carbocycles. The van der Waals surface area contributed by atoms with E-state index < -0.39 is 0 Å². The van der Waals surface area contributed by atoms with Crippen molar-refractivity contribution in [3.8, 4) is 22.8 Å². The zero-order valence-electron chi connectivity index (χ0n) is 11.5. The predicted molar refractivity (Wildman–Crippen MR) is 79.5 cm³/mol. The first kappa shape index (κ1) is 12.4. The van der Waals surface area contributed by atoms with Gasteiger partial charge in [0.1, 0.15) is 0 Å². The first-order chi connectivity index (χ1) is 10.9. The Bertz CT molecular complexity index is 881. The third-order valence-corrected chi connectivity index (χ3v) is 3.18. The molecule has 0 bridgehead atoms. The van der Waals surface area contributed by atoms with Crippen LogP contribution in [0.15, 0.2) is 67.5 Å². The summed E-state index contributed by atoms with van der Waals surface area (Å²) in [5.74, 6) is 0.712. The Kier molecular flexibility index (Phi) is 2.93. The van der Waals surface area contributed by atoms with Gasteiger partial charge in [0.05, 0.1) is 36.2 Å². The van der Waals surface area contributed by atoms with E-state index in [1.807, 2.05) is 36.5 Å². The molecule has 0 N–H and O–H groups in total. The minimum Gasteiger partial charge on any atom is -0.262 e. The predicted octanol–water partition coefficient (Wildman–Crippen LogP) is 1.91. The Labute approximate surface area is 125 Å². The van der Waals surface area contributed by atoms with E-state index in [4.69, 9.17) is 0 Å². The lowest BCUT2D eigenvalue weighted by atomic mass is 10.2. The van der Waals surface area contributed by atoms with E-state index in [2.05, 4.69) is 25.4 Å². The van der Waals surface area contributed by atoms with E-state index in [1.54, 1.807) is 40.3 Å². The highest BCUT2D eigenvalue weighted by Crippen LogP contribution is 2.19. The fraction of sp³-hybridized carbons (Fsp3) is 0. The van der Waals surface area contributed by atoms with Crippen LogP contribution in [0.2, 0.25) is 0 Å². The average molecular weight is 289 g/mol. The van der Waals surface area contributed by atoms with Crippen molar-refractivity contribution in [3.63, 3.8) is 0 Å². The van der Waals surface area contributed by atoms with Gasteiger partial charge in [0, 0.05) is 18.0 Å². The molecule has 0 fully saturated rings. The van der Waals surface area contributed by atoms with Crippen molar-refractivity contribution in [2.24, 2.45) is 0 Å². The molecule has 0 spiro atoms. The average Bonchev–Trinajstić information content (AvgIpc) is 3.28. The summed E-state index contributed by atoms with van der Waals surface area (Å²) in [6, 6.07) is 9.57. The molecule has 4 heterocycles. The normalized spacial score (nSPS) is 10.7. The third kappa shape index (κ3) is 2.24. The SMILES string of the molecule is c1cncc(-n2cc(-c3cccc(-n4ccnn4)n3)cn2)c1. The maximum Gasteiger partial charge on any atom is 0.155 e. The van der Waals surface area contributed by atoms with Crippen molar-refractivity contribution >= 4 is 0 Å². The molecule has 4 rings (SSSR count). The highest BCUT2D eigenvalue weighted by atomic mass is 15.4. The summed E-state index contributed by atoms with van der Waals surface area (Å²) >= 11 is 0. The standard InChI is InChI=1S/C15H11N7/c1-4-14(19-15(5-1)21-8-7-17-20-21)12-9-18-22(11-12)13-3-2-6-16-10-13/h1-11H. The Hall–Kier alpha value is -3.35. The van der Waals surface area contributed by atoms with Gasteiger partial charge >= 0.3 is 0 Å². The highest BCUT2D eigenvalue weighted by Gasteiger charge is 2.07. The van der Waals surface area contributed by atoms with Gasteiger partial charge in [0.2, 0.25) is 0 Å². The topological polar surface area (TPSA) is 74.3 Å². The molecular weight excluding hydrogens is 278 g/mol. The number of aromatic nitrogens is 7. The lowest BCUT2D eigenvalue weighted by Crippen LogP contribution is -1.99. The van der Waals surface area contributed by atoms with Gasteiger partial charge in [-0.1, -0.05) is 11.3 Å². The molecule has 106 valence electrons. The minimum atomic E-state index is 0.712. The van der Waals surface area contributed by atoms with Gasteiger partial charge in [0.15, 0.2) is 5.82 Å². The third-order valence-electron chi connectivity index (χ3n) is 3.18. The molecule has 0 aliphatic rings. The summed E-state index contributed by atoms with van der Waals surface area (Å²) in [4.78, 5) is 8.68. The largest absolute Gasteiger partial charge is 0.262 e. The van der Waals surface area contributed by atoms with Crippen molar-refractivity contribution < 1.29 is 0 Å². The van der Waals surface area contributed by atoms with Crippen molar-refractivity contribution in [3.05, 3.63) is 67.5 Å². The maximum atomic E-state index is 4.58. The number of nitrogens with zero attached hydrogens (tertiary/aromatic N) is 7. The number of hydrogen-bond donors (Lipinski definition) is 0. The van der Waals surface area contributed by atoms with E-state index in [9.17, 15) is 0 Å². The molecule has 0 unspecified atom stereocenters. The molecule has 4 aromatic rings. The van der Waals surface area contributed by atoms with Gasteiger partial charge in [-0.15, -0.1) is 5.10 Å². The number of pyridine rings is 2. The van der Waals surface area contributed by atoms with Gasteiger partial charge in [-0.3, -0.25) is 4.98 Å². The molecule has 0 radical (unpaired) electrons.